The Morgan fingerprint density at radius 1 is 1.30 bits per heavy atom. The molecule has 3 heterocycles. The summed E-state index contributed by atoms with van der Waals surface area (Å²) in [6.45, 7) is 8.99. The second kappa shape index (κ2) is 6.66. The maximum absolute atomic E-state index is 11.8. The monoisotopic (exact) mass is 316 g/mol. The van der Waals surface area contributed by atoms with Crippen molar-refractivity contribution < 1.29 is 9.53 Å². The van der Waals surface area contributed by atoms with Crippen LogP contribution in [0.3, 0.4) is 0 Å². The molecule has 2 aromatic heterocycles. The first-order valence-corrected chi connectivity index (χ1v) is 8.28. The third kappa shape index (κ3) is 3.52. The summed E-state index contributed by atoms with van der Waals surface area (Å²) in [7, 11) is 0. The topological polar surface area (TPSA) is 59.7 Å². The number of likely N-dealkylation sites (tertiary alicyclic amines) is 1. The Kier molecular flexibility index (Phi) is 4.61. The summed E-state index contributed by atoms with van der Waals surface area (Å²) in [5.41, 5.74) is 3.16. The van der Waals surface area contributed by atoms with Crippen molar-refractivity contribution >= 4 is 11.7 Å². The molecule has 0 atom stereocenters. The molecular formula is C17H24N4O2. The molecule has 1 aliphatic heterocycles. The molecule has 124 valence electrons. The van der Waals surface area contributed by atoms with Gasteiger partial charge < -0.3 is 4.74 Å². The van der Waals surface area contributed by atoms with Crippen molar-refractivity contribution in [2.75, 3.05) is 19.7 Å². The van der Waals surface area contributed by atoms with E-state index in [4.69, 9.17) is 4.74 Å². The summed E-state index contributed by atoms with van der Waals surface area (Å²) in [5, 5.41) is 0. The highest BCUT2D eigenvalue weighted by atomic mass is 16.5. The minimum atomic E-state index is -0.0461. The zero-order chi connectivity index (χ0) is 16.4. The van der Waals surface area contributed by atoms with E-state index in [1.807, 2.05) is 18.2 Å². The molecule has 0 aliphatic carbocycles. The van der Waals surface area contributed by atoms with Gasteiger partial charge in [-0.1, -0.05) is 0 Å². The minimum Gasteiger partial charge on any atom is -0.466 e. The van der Waals surface area contributed by atoms with Crippen LogP contribution in [-0.4, -0.2) is 44.9 Å². The van der Waals surface area contributed by atoms with Crippen molar-refractivity contribution in [1.29, 1.82) is 0 Å². The fourth-order valence-corrected chi connectivity index (χ4v) is 3.21. The highest BCUT2D eigenvalue weighted by Crippen LogP contribution is 2.20. The van der Waals surface area contributed by atoms with Gasteiger partial charge >= 0.3 is 5.97 Å². The zero-order valence-corrected chi connectivity index (χ0v) is 14.1. The Morgan fingerprint density at radius 2 is 2.04 bits per heavy atom. The van der Waals surface area contributed by atoms with Gasteiger partial charge in [-0.25, -0.2) is 9.97 Å². The predicted molar refractivity (Wildman–Crippen MR) is 87.1 cm³/mol. The summed E-state index contributed by atoms with van der Waals surface area (Å²) in [6.07, 6.45) is 3.79. The number of aryl methyl sites for hydroxylation is 2. The van der Waals surface area contributed by atoms with E-state index in [2.05, 4.69) is 34.1 Å². The van der Waals surface area contributed by atoms with Gasteiger partial charge in [0, 0.05) is 24.1 Å². The molecule has 23 heavy (non-hydrogen) atoms. The number of nitrogens with zero attached hydrogens (tertiary/aromatic N) is 4. The van der Waals surface area contributed by atoms with Crippen LogP contribution < -0.4 is 0 Å². The Hall–Kier alpha value is -1.95. The first-order valence-electron chi connectivity index (χ1n) is 8.28. The number of ether oxygens (including phenoxy) is 1. The number of fused-ring (bicyclic) bond motifs is 1. The maximum Gasteiger partial charge on any atom is 0.309 e. The van der Waals surface area contributed by atoms with E-state index in [1.165, 1.54) is 0 Å². The molecule has 0 spiro atoms. The third-order valence-corrected chi connectivity index (χ3v) is 4.40. The summed E-state index contributed by atoms with van der Waals surface area (Å²) in [5.74, 6) is 0.771. The Bertz CT molecular complexity index is 702. The molecule has 0 amide bonds. The smallest absolute Gasteiger partial charge is 0.309 e. The van der Waals surface area contributed by atoms with Crippen molar-refractivity contribution in [3.63, 3.8) is 0 Å². The van der Waals surface area contributed by atoms with Crippen molar-refractivity contribution in [3.05, 3.63) is 29.3 Å². The number of carbonyl (C=O) groups excluding carboxylic acids is 1. The Labute approximate surface area is 136 Å². The predicted octanol–water partition coefficient (Wildman–Crippen LogP) is 2.12. The van der Waals surface area contributed by atoms with Gasteiger partial charge in [0.05, 0.1) is 18.2 Å². The molecule has 1 fully saturated rings. The van der Waals surface area contributed by atoms with Gasteiger partial charge in [0.15, 0.2) is 0 Å². The van der Waals surface area contributed by atoms with Crippen LogP contribution in [0.15, 0.2) is 12.3 Å². The van der Waals surface area contributed by atoms with Crippen LogP contribution in [0.25, 0.3) is 5.78 Å². The highest BCUT2D eigenvalue weighted by Gasteiger charge is 2.26. The van der Waals surface area contributed by atoms with Crippen LogP contribution in [0.5, 0.6) is 0 Å². The average Bonchev–Trinajstić information content (AvgIpc) is 2.91. The first kappa shape index (κ1) is 15.9. The van der Waals surface area contributed by atoms with E-state index in [0.29, 0.717) is 6.61 Å². The van der Waals surface area contributed by atoms with Crippen LogP contribution >= 0.6 is 0 Å². The summed E-state index contributed by atoms with van der Waals surface area (Å²) < 4.78 is 7.15. The SMILES string of the molecule is CCOC(=O)C1CCN(Cc2cn3c(C)cc(C)nc3n2)CC1. The molecule has 0 radical (unpaired) electrons. The molecule has 6 nitrogen and oxygen atoms in total. The molecule has 6 heteroatoms. The highest BCUT2D eigenvalue weighted by molar-refractivity contribution is 5.72. The van der Waals surface area contributed by atoms with Gasteiger partial charge in [-0.15, -0.1) is 0 Å². The van der Waals surface area contributed by atoms with Crippen LogP contribution in [0.2, 0.25) is 0 Å². The molecule has 0 unspecified atom stereocenters. The number of carbonyl (C=O) groups is 1. The van der Waals surface area contributed by atoms with Crippen LogP contribution in [0.4, 0.5) is 0 Å². The minimum absolute atomic E-state index is 0.0461. The van der Waals surface area contributed by atoms with Crippen LogP contribution in [0, 0.1) is 19.8 Å². The van der Waals surface area contributed by atoms with E-state index < -0.39 is 0 Å². The van der Waals surface area contributed by atoms with E-state index >= 15 is 0 Å². The van der Waals surface area contributed by atoms with Crippen molar-refractivity contribution in [2.45, 2.75) is 40.2 Å². The van der Waals surface area contributed by atoms with E-state index in [1.54, 1.807) is 0 Å². The van der Waals surface area contributed by atoms with E-state index in [-0.39, 0.29) is 11.9 Å². The summed E-state index contributed by atoms with van der Waals surface area (Å²) >= 11 is 0. The van der Waals surface area contributed by atoms with Gasteiger partial charge in [-0.2, -0.15) is 0 Å². The van der Waals surface area contributed by atoms with Gasteiger partial charge in [-0.05, 0) is 52.8 Å². The van der Waals surface area contributed by atoms with Gasteiger partial charge in [0.2, 0.25) is 5.78 Å². The second-order valence-electron chi connectivity index (χ2n) is 6.24. The molecule has 0 aromatic carbocycles. The fraction of sp³-hybridized carbons (Fsp3) is 0.588. The number of hydrogen-bond acceptors (Lipinski definition) is 5. The molecule has 3 rings (SSSR count). The summed E-state index contributed by atoms with van der Waals surface area (Å²) in [4.78, 5) is 23.2. The molecule has 1 saturated heterocycles. The van der Waals surface area contributed by atoms with Gasteiger partial charge in [0.1, 0.15) is 0 Å². The Morgan fingerprint density at radius 3 is 2.74 bits per heavy atom. The van der Waals surface area contributed by atoms with E-state index in [9.17, 15) is 4.79 Å². The van der Waals surface area contributed by atoms with Crippen LogP contribution in [0.1, 0.15) is 36.8 Å². The average molecular weight is 316 g/mol. The number of hydrogen-bond donors (Lipinski definition) is 0. The standard InChI is InChI=1S/C17H24N4O2/c1-4-23-16(22)14-5-7-20(8-6-14)10-15-11-21-13(3)9-12(2)18-17(21)19-15/h9,11,14H,4-8,10H2,1-3H3. The number of imidazole rings is 1. The lowest BCUT2D eigenvalue weighted by molar-refractivity contribution is -0.149. The van der Waals surface area contributed by atoms with Crippen LogP contribution in [-0.2, 0) is 16.1 Å². The van der Waals surface area contributed by atoms with E-state index in [0.717, 1.165) is 55.3 Å². The van der Waals surface area contributed by atoms with Crippen molar-refractivity contribution in [1.82, 2.24) is 19.3 Å². The molecule has 2 aromatic rings. The number of rotatable bonds is 4. The number of piperidine rings is 1. The molecule has 0 bridgehead atoms. The quantitative estimate of drug-likeness (QED) is 0.809. The molecule has 0 saturated carbocycles. The molecule has 0 N–H and O–H groups in total. The summed E-state index contributed by atoms with van der Waals surface area (Å²) in [6, 6.07) is 2.06. The first-order chi connectivity index (χ1) is 11.1. The van der Waals surface area contributed by atoms with Crippen molar-refractivity contribution in [3.8, 4) is 0 Å². The van der Waals surface area contributed by atoms with Crippen molar-refractivity contribution in [2.24, 2.45) is 5.92 Å². The van der Waals surface area contributed by atoms with Gasteiger partial charge in [-0.3, -0.25) is 14.1 Å². The zero-order valence-electron chi connectivity index (χ0n) is 14.1. The number of esters is 1. The largest absolute Gasteiger partial charge is 0.466 e. The number of aromatic nitrogens is 3. The lowest BCUT2D eigenvalue weighted by Gasteiger charge is -2.30. The molecule has 1 aliphatic rings. The lowest BCUT2D eigenvalue weighted by Crippen LogP contribution is -2.36. The lowest BCUT2D eigenvalue weighted by atomic mass is 9.97. The third-order valence-electron chi connectivity index (χ3n) is 4.40. The molecular weight excluding hydrogens is 292 g/mol. The normalized spacial score (nSPS) is 16.8. The van der Waals surface area contributed by atoms with Gasteiger partial charge in [0.25, 0.3) is 0 Å². The maximum atomic E-state index is 11.8. The second-order valence-corrected chi connectivity index (χ2v) is 6.24. The Balaban J connectivity index is 1.63. The fourth-order valence-electron chi connectivity index (χ4n) is 3.21.